The van der Waals surface area contributed by atoms with Crippen LogP contribution >= 0.6 is 0 Å². The number of urea groups is 1. The van der Waals surface area contributed by atoms with Crippen LogP contribution in [-0.4, -0.2) is 41.0 Å². The summed E-state index contributed by atoms with van der Waals surface area (Å²) in [6.07, 6.45) is 1.96. The molecule has 4 rings (SSSR count). The molecule has 0 bridgehead atoms. The van der Waals surface area contributed by atoms with Gasteiger partial charge in [0.05, 0.1) is 6.54 Å². The van der Waals surface area contributed by atoms with Crippen LogP contribution in [0.25, 0.3) is 0 Å². The van der Waals surface area contributed by atoms with Crippen LogP contribution in [0.5, 0.6) is 0 Å². The van der Waals surface area contributed by atoms with Crippen molar-refractivity contribution in [3.05, 3.63) is 65.7 Å². The molecule has 2 atom stereocenters. The molecular weight excluding hydrogens is 380 g/mol. The van der Waals surface area contributed by atoms with Gasteiger partial charge in [-0.05, 0) is 50.3 Å². The molecule has 2 aliphatic heterocycles. The van der Waals surface area contributed by atoms with Gasteiger partial charge in [0, 0.05) is 11.7 Å². The molecule has 0 saturated carbocycles. The maximum absolute atomic E-state index is 12.9. The lowest BCUT2D eigenvalue weighted by molar-refractivity contribution is -0.138. The normalized spacial score (nSPS) is 22.8. The number of rotatable bonds is 6. The van der Waals surface area contributed by atoms with Crippen molar-refractivity contribution in [2.24, 2.45) is 0 Å². The molecular formula is C23H26N4O3. The number of carbonyl (C=O) groups is 3. The number of carbonyl (C=O) groups excluding carboxylic acids is 3. The minimum atomic E-state index is -1.05. The second-order valence-corrected chi connectivity index (χ2v) is 8.23. The average Bonchev–Trinajstić information content (AvgIpc) is 3.16. The Bertz CT molecular complexity index is 977. The van der Waals surface area contributed by atoms with Gasteiger partial charge in [-0.25, -0.2) is 4.79 Å². The number of amides is 4. The number of para-hydroxylation sites is 1. The number of anilines is 1. The van der Waals surface area contributed by atoms with Gasteiger partial charge in [0.15, 0.2) is 0 Å². The molecule has 0 aliphatic carbocycles. The van der Waals surface area contributed by atoms with Gasteiger partial charge < -0.3 is 10.2 Å². The molecule has 2 aromatic carbocycles. The molecule has 0 unspecified atom stereocenters. The van der Waals surface area contributed by atoms with E-state index in [-0.39, 0.29) is 12.6 Å². The Kier molecular flexibility index (Phi) is 5.20. The van der Waals surface area contributed by atoms with E-state index in [2.05, 4.69) is 23.7 Å². The molecule has 30 heavy (non-hydrogen) atoms. The number of fused-ring (bicyclic) bond motifs is 1. The summed E-state index contributed by atoms with van der Waals surface area (Å²) in [5.41, 5.74) is 4.76. The Labute approximate surface area is 176 Å². The molecule has 7 nitrogen and oxygen atoms in total. The lowest BCUT2D eigenvalue weighted by Gasteiger charge is -2.25. The molecule has 156 valence electrons. The number of benzene rings is 2. The van der Waals surface area contributed by atoms with Gasteiger partial charge >= 0.3 is 6.03 Å². The molecule has 0 aromatic heterocycles. The first-order valence-corrected chi connectivity index (χ1v) is 10.2. The zero-order valence-electron chi connectivity index (χ0n) is 17.2. The molecule has 0 radical (unpaired) electrons. The van der Waals surface area contributed by atoms with Crippen molar-refractivity contribution in [3.8, 4) is 0 Å². The Morgan fingerprint density at radius 2 is 1.83 bits per heavy atom. The van der Waals surface area contributed by atoms with E-state index in [1.54, 1.807) is 6.92 Å². The van der Waals surface area contributed by atoms with Crippen LogP contribution in [0.3, 0.4) is 0 Å². The quantitative estimate of drug-likeness (QED) is 0.722. The third kappa shape index (κ3) is 3.75. The molecule has 1 fully saturated rings. The van der Waals surface area contributed by atoms with Crippen molar-refractivity contribution in [1.29, 1.82) is 0 Å². The molecule has 2 aromatic rings. The van der Waals surface area contributed by atoms with Crippen molar-refractivity contribution in [2.45, 2.75) is 44.7 Å². The second kappa shape index (κ2) is 7.82. The summed E-state index contributed by atoms with van der Waals surface area (Å²) in [6.45, 7) is 3.83. The van der Waals surface area contributed by atoms with Gasteiger partial charge in [0.2, 0.25) is 0 Å². The minimum absolute atomic E-state index is 0.0793. The fourth-order valence-corrected chi connectivity index (χ4v) is 4.18. The first-order chi connectivity index (χ1) is 14.4. The average molecular weight is 406 g/mol. The molecule has 2 N–H and O–H groups in total. The standard InChI is InChI=1S/C23H26N4O3/c1-16-14-18-10-6-7-11-19(18)26(16)15-20(28)25-27-21(29)23(2,24-22(27)30)13-12-17-8-4-3-5-9-17/h3-11,16H,12-15H2,1-2H3,(H,24,30)(H,25,28)/t16-,23-/m1/s1. The zero-order chi connectivity index (χ0) is 21.3. The fraction of sp³-hybridized carbons (Fsp3) is 0.348. The molecule has 2 aliphatic rings. The lowest BCUT2D eigenvalue weighted by atomic mass is 9.93. The van der Waals surface area contributed by atoms with Gasteiger partial charge in [-0.2, -0.15) is 5.01 Å². The molecule has 2 heterocycles. The van der Waals surface area contributed by atoms with Gasteiger partial charge in [-0.1, -0.05) is 48.5 Å². The van der Waals surface area contributed by atoms with Crippen molar-refractivity contribution < 1.29 is 14.4 Å². The van der Waals surface area contributed by atoms with Gasteiger partial charge in [0.25, 0.3) is 11.8 Å². The van der Waals surface area contributed by atoms with Crippen LogP contribution in [0.2, 0.25) is 0 Å². The highest BCUT2D eigenvalue weighted by Gasteiger charge is 2.48. The van der Waals surface area contributed by atoms with Crippen molar-refractivity contribution >= 4 is 23.5 Å². The van der Waals surface area contributed by atoms with Gasteiger partial charge in [-0.3, -0.25) is 15.0 Å². The van der Waals surface area contributed by atoms with E-state index in [1.807, 2.05) is 53.4 Å². The Hall–Kier alpha value is -3.35. The highest BCUT2D eigenvalue weighted by Crippen LogP contribution is 2.31. The van der Waals surface area contributed by atoms with E-state index >= 15 is 0 Å². The Morgan fingerprint density at radius 3 is 2.60 bits per heavy atom. The highest BCUT2D eigenvalue weighted by molar-refractivity contribution is 6.07. The molecule has 1 saturated heterocycles. The van der Waals surface area contributed by atoms with E-state index in [4.69, 9.17) is 0 Å². The monoisotopic (exact) mass is 406 g/mol. The smallest absolute Gasteiger partial charge is 0.344 e. The summed E-state index contributed by atoms with van der Waals surface area (Å²) < 4.78 is 0. The summed E-state index contributed by atoms with van der Waals surface area (Å²) in [7, 11) is 0. The van der Waals surface area contributed by atoms with Crippen LogP contribution < -0.4 is 15.6 Å². The van der Waals surface area contributed by atoms with Crippen LogP contribution in [0.1, 0.15) is 31.4 Å². The maximum atomic E-state index is 12.9. The van der Waals surface area contributed by atoms with E-state index in [0.29, 0.717) is 12.8 Å². The predicted octanol–water partition coefficient (Wildman–Crippen LogP) is 2.41. The van der Waals surface area contributed by atoms with E-state index in [1.165, 1.54) is 5.56 Å². The summed E-state index contributed by atoms with van der Waals surface area (Å²) in [4.78, 5) is 40.0. The first-order valence-electron chi connectivity index (χ1n) is 10.2. The first kappa shape index (κ1) is 19.9. The number of hydrazine groups is 1. The molecule has 0 spiro atoms. The summed E-state index contributed by atoms with van der Waals surface area (Å²) >= 11 is 0. The molecule has 4 amide bonds. The van der Waals surface area contributed by atoms with E-state index in [9.17, 15) is 14.4 Å². The number of aryl methyl sites for hydroxylation is 1. The minimum Gasteiger partial charge on any atom is -0.359 e. The summed E-state index contributed by atoms with van der Waals surface area (Å²) in [6, 6.07) is 17.3. The van der Waals surface area contributed by atoms with Gasteiger partial charge in [0.1, 0.15) is 5.54 Å². The highest BCUT2D eigenvalue weighted by atomic mass is 16.2. The number of hydrogen-bond acceptors (Lipinski definition) is 4. The third-order valence-corrected chi connectivity index (χ3v) is 5.92. The number of imide groups is 1. The van der Waals surface area contributed by atoms with Gasteiger partial charge in [-0.15, -0.1) is 0 Å². The largest absolute Gasteiger partial charge is 0.359 e. The summed E-state index contributed by atoms with van der Waals surface area (Å²) in [5.74, 6) is -0.832. The van der Waals surface area contributed by atoms with Crippen molar-refractivity contribution in [2.75, 3.05) is 11.4 Å². The SMILES string of the molecule is C[C@@H]1Cc2ccccc2N1CC(=O)NN1C(=O)N[C@](C)(CCc2ccccc2)C1=O. The summed E-state index contributed by atoms with van der Waals surface area (Å²) in [5, 5.41) is 3.55. The fourth-order valence-electron chi connectivity index (χ4n) is 4.18. The van der Waals surface area contributed by atoms with Crippen LogP contribution in [-0.2, 0) is 22.4 Å². The van der Waals surface area contributed by atoms with Crippen LogP contribution in [0.15, 0.2) is 54.6 Å². The van der Waals surface area contributed by atoms with Crippen LogP contribution in [0.4, 0.5) is 10.5 Å². The Morgan fingerprint density at radius 1 is 1.13 bits per heavy atom. The van der Waals surface area contributed by atoms with E-state index < -0.39 is 23.4 Å². The van der Waals surface area contributed by atoms with Crippen molar-refractivity contribution in [3.63, 3.8) is 0 Å². The second-order valence-electron chi connectivity index (χ2n) is 8.23. The lowest BCUT2D eigenvalue weighted by Crippen LogP contribution is -2.51. The zero-order valence-corrected chi connectivity index (χ0v) is 17.2. The van der Waals surface area contributed by atoms with E-state index in [0.717, 1.165) is 22.7 Å². The Balaban J connectivity index is 1.39. The number of hydrogen-bond donors (Lipinski definition) is 2. The predicted molar refractivity (Wildman–Crippen MR) is 114 cm³/mol. The maximum Gasteiger partial charge on any atom is 0.344 e. The topological polar surface area (TPSA) is 81.8 Å². The number of nitrogens with zero attached hydrogens (tertiary/aromatic N) is 2. The number of nitrogens with one attached hydrogen (secondary N) is 2. The molecule has 7 heteroatoms. The van der Waals surface area contributed by atoms with Crippen molar-refractivity contribution in [1.82, 2.24) is 15.8 Å². The van der Waals surface area contributed by atoms with Crippen LogP contribution in [0, 0.1) is 0 Å². The third-order valence-electron chi connectivity index (χ3n) is 5.92.